The van der Waals surface area contributed by atoms with E-state index in [4.69, 9.17) is 17.0 Å². The fraction of sp³-hybridized carbons (Fsp3) is 0.0667. The second-order valence-electron chi connectivity index (χ2n) is 4.69. The van der Waals surface area contributed by atoms with Crippen molar-refractivity contribution in [3.8, 4) is 0 Å². The van der Waals surface area contributed by atoms with E-state index < -0.39 is 29.0 Å². The van der Waals surface area contributed by atoms with E-state index in [-0.39, 0.29) is 20.9 Å². The van der Waals surface area contributed by atoms with E-state index in [9.17, 15) is 22.4 Å². The zero-order chi connectivity index (χ0) is 18.1. The number of carbonyl (C=O) groups is 1. The second kappa shape index (κ2) is 7.00. The van der Waals surface area contributed by atoms with Crippen LogP contribution in [-0.4, -0.2) is 10.5 Å². The highest BCUT2D eigenvalue weighted by atomic mass is 79.9. The fourth-order valence-corrected chi connectivity index (χ4v) is 2.80. The molecule has 0 spiro atoms. The second-order valence-corrected chi connectivity index (χ2v) is 5.89. The lowest BCUT2D eigenvalue weighted by atomic mass is 10.1. The van der Waals surface area contributed by atoms with E-state index in [1.807, 2.05) is 0 Å². The number of amides is 1. The van der Waals surface area contributed by atoms with Crippen molar-refractivity contribution in [2.75, 3.05) is 0 Å². The molecule has 1 amide bonds. The van der Waals surface area contributed by atoms with E-state index in [0.29, 0.717) is 0 Å². The first-order chi connectivity index (χ1) is 11.1. The van der Waals surface area contributed by atoms with Crippen molar-refractivity contribution in [2.45, 2.75) is 6.18 Å². The van der Waals surface area contributed by atoms with Crippen LogP contribution >= 0.6 is 27.5 Å². The molecule has 24 heavy (non-hydrogen) atoms. The van der Waals surface area contributed by atoms with Crippen LogP contribution in [0.2, 0.25) is 5.02 Å². The molecule has 0 unspecified atom stereocenters. The normalized spacial score (nSPS) is 11.4. The number of quaternary nitrogens is 1. The predicted molar refractivity (Wildman–Crippen MR) is 84.5 cm³/mol. The van der Waals surface area contributed by atoms with Gasteiger partial charge in [0.05, 0.1) is 10.6 Å². The Labute approximate surface area is 147 Å². The molecule has 0 saturated heterocycles. The van der Waals surface area contributed by atoms with Crippen LogP contribution in [0.15, 0.2) is 36.4 Å². The highest BCUT2D eigenvalue weighted by molar-refractivity contribution is 9.18. The zero-order valence-corrected chi connectivity index (χ0v) is 14.1. The number of nitrogens with two attached hydrogens (primary N) is 1. The minimum absolute atomic E-state index is 0.0325. The molecule has 0 atom stereocenters. The van der Waals surface area contributed by atoms with Crippen LogP contribution in [0.5, 0.6) is 0 Å². The van der Waals surface area contributed by atoms with Crippen molar-refractivity contribution in [1.29, 1.82) is 5.41 Å². The van der Waals surface area contributed by atoms with Crippen LogP contribution in [0.4, 0.5) is 23.2 Å². The Kier molecular flexibility index (Phi) is 5.42. The fourth-order valence-electron chi connectivity index (χ4n) is 2.12. The van der Waals surface area contributed by atoms with Gasteiger partial charge >= 0.3 is 12.1 Å². The number of primary amides is 1. The van der Waals surface area contributed by atoms with Crippen LogP contribution in [-0.2, 0) is 6.18 Å². The first kappa shape index (κ1) is 18.6. The molecule has 0 aliphatic rings. The van der Waals surface area contributed by atoms with Gasteiger partial charge in [0.1, 0.15) is 27.3 Å². The Bertz CT molecular complexity index is 824. The number of alkyl halides is 3. The summed E-state index contributed by atoms with van der Waals surface area (Å²) < 4.78 is 52.7. The van der Waals surface area contributed by atoms with Crippen LogP contribution < -0.4 is 5.32 Å². The molecule has 2 aromatic rings. The quantitative estimate of drug-likeness (QED) is 0.432. The molecular weight excluding hydrogens is 416 g/mol. The predicted octanol–water partition coefficient (Wildman–Crippen LogP) is 4.25. The molecule has 2 rings (SSSR count). The summed E-state index contributed by atoms with van der Waals surface area (Å²) in [5.74, 6) is -1.82. The molecule has 3 N–H and O–H groups in total. The lowest BCUT2D eigenvalue weighted by Gasteiger charge is -2.12. The van der Waals surface area contributed by atoms with Gasteiger partial charge in [-0.25, -0.2) is 14.5 Å². The van der Waals surface area contributed by atoms with Gasteiger partial charge in [-0.15, -0.1) is 0 Å². The molecule has 2 aromatic carbocycles. The third kappa shape index (κ3) is 3.82. The van der Waals surface area contributed by atoms with E-state index in [1.54, 1.807) is 0 Å². The summed E-state index contributed by atoms with van der Waals surface area (Å²) in [6, 6.07) is 6.66. The molecule has 0 aliphatic carbocycles. The highest BCUT2D eigenvalue weighted by Gasteiger charge is 2.38. The number of benzene rings is 2. The van der Waals surface area contributed by atoms with Gasteiger partial charge < -0.3 is 0 Å². The third-order valence-electron chi connectivity index (χ3n) is 3.12. The van der Waals surface area contributed by atoms with Crippen molar-refractivity contribution < 1.29 is 27.7 Å². The van der Waals surface area contributed by atoms with Gasteiger partial charge in [-0.2, -0.15) is 13.2 Å². The summed E-state index contributed by atoms with van der Waals surface area (Å²) in [5, 5.41) is 7.95. The molecule has 0 aromatic heterocycles. The molecule has 9 heteroatoms. The van der Waals surface area contributed by atoms with Gasteiger partial charge in [-0.3, -0.25) is 5.41 Å². The number of hydrogen-bond acceptors (Lipinski definition) is 2. The van der Waals surface area contributed by atoms with Crippen molar-refractivity contribution >= 4 is 43.7 Å². The van der Waals surface area contributed by atoms with E-state index in [2.05, 4.69) is 15.9 Å². The van der Waals surface area contributed by atoms with Crippen LogP contribution in [0.25, 0.3) is 0 Å². The zero-order valence-electron chi connectivity index (χ0n) is 11.7. The molecule has 0 aliphatic heterocycles. The van der Waals surface area contributed by atoms with Gasteiger partial charge in [0, 0.05) is 6.07 Å². The molecule has 0 saturated carbocycles. The lowest BCUT2D eigenvalue weighted by Crippen LogP contribution is -2.83. The summed E-state index contributed by atoms with van der Waals surface area (Å²) in [7, 11) is 0. The van der Waals surface area contributed by atoms with Crippen molar-refractivity contribution in [3.63, 3.8) is 0 Å². The average molecular weight is 425 g/mol. The number of carbonyl (C=O) groups excluding carboxylic acids is 1. The van der Waals surface area contributed by atoms with E-state index in [1.165, 1.54) is 12.1 Å². The minimum Gasteiger partial charge on any atom is -0.293 e. The molecule has 126 valence electrons. The van der Waals surface area contributed by atoms with Gasteiger partial charge in [0.2, 0.25) is 0 Å². The Balaban J connectivity index is 2.50. The Morgan fingerprint density at radius 3 is 2.33 bits per heavy atom. The molecule has 0 bridgehead atoms. The maximum Gasteiger partial charge on any atom is 0.417 e. The standard InChI is InChI=1S/C15H8BrClF4N2O/c16-13(22)12-9(18)5-2-6-10(12)23-14(24)11-7(15(19,20)21)3-1-4-8(11)17/h1-6,22H,(H,23,24)/p+1. The van der Waals surface area contributed by atoms with Gasteiger partial charge in [-0.05, 0) is 34.1 Å². The molecule has 3 nitrogen and oxygen atoms in total. The summed E-state index contributed by atoms with van der Waals surface area (Å²) in [6.45, 7) is 0. The number of rotatable bonds is 3. The number of hydrogen-bond donors (Lipinski definition) is 2. The molecule has 0 radical (unpaired) electrons. The Morgan fingerprint density at radius 2 is 1.75 bits per heavy atom. The lowest BCUT2D eigenvalue weighted by molar-refractivity contribution is -0.464. The number of halogens is 6. The Morgan fingerprint density at radius 1 is 1.12 bits per heavy atom. The van der Waals surface area contributed by atoms with Crippen molar-refractivity contribution in [3.05, 3.63) is 63.9 Å². The molecular formula is C15H9BrClF4N2O+. The van der Waals surface area contributed by atoms with E-state index in [0.717, 1.165) is 29.6 Å². The monoisotopic (exact) mass is 423 g/mol. The topological polar surface area (TPSA) is 57.5 Å². The number of nitrogens with one attached hydrogen (secondary N) is 1. The van der Waals surface area contributed by atoms with Crippen molar-refractivity contribution in [1.82, 2.24) is 0 Å². The van der Waals surface area contributed by atoms with Gasteiger partial charge in [0.15, 0.2) is 0 Å². The first-order valence-electron chi connectivity index (χ1n) is 6.40. The van der Waals surface area contributed by atoms with Crippen LogP contribution in [0.1, 0.15) is 21.5 Å². The third-order valence-corrected chi connectivity index (χ3v) is 3.83. The first-order valence-corrected chi connectivity index (χ1v) is 7.57. The summed E-state index contributed by atoms with van der Waals surface area (Å²) >= 11 is 8.56. The highest BCUT2D eigenvalue weighted by Crippen LogP contribution is 2.34. The van der Waals surface area contributed by atoms with Crippen LogP contribution in [0, 0.1) is 11.2 Å². The summed E-state index contributed by atoms with van der Waals surface area (Å²) in [6.07, 6.45) is -4.77. The summed E-state index contributed by atoms with van der Waals surface area (Å²) in [4.78, 5) is 12.3. The average Bonchev–Trinajstić information content (AvgIpc) is 2.45. The van der Waals surface area contributed by atoms with Gasteiger partial charge in [0.25, 0.3) is 0 Å². The molecule has 0 heterocycles. The van der Waals surface area contributed by atoms with Crippen LogP contribution in [0.3, 0.4) is 0 Å². The maximum absolute atomic E-state index is 13.8. The minimum atomic E-state index is -4.77. The molecule has 0 fully saturated rings. The van der Waals surface area contributed by atoms with E-state index >= 15 is 0 Å². The Hall–Kier alpha value is -1.77. The van der Waals surface area contributed by atoms with Gasteiger partial charge in [-0.1, -0.05) is 23.7 Å². The van der Waals surface area contributed by atoms with Crippen molar-refractivity contribution in [2.24, 2.45) is 0 Å². The maximum atomic E-state index is 13.8. The SMILES string of the molecule is N=C(Br)c1c(F)cccc1[NH2+]C(=O)c1c(Cl)cccc1C(F)(F)F. The largest absolute Gasteiger partial charge is 0.417 e. The summed E-state index contributed by atoms with van der Waals surface area (Å²) in [5.41, 5.74) is -2.16. The smallest absolute Gasteiger partial charge is 0.293 e.